The van der Waals surface area contributed by atoms with E-state index in [9.17, 15) is 4.79 Å². The lowest BCUT2D eigenvalue weighted by Gasteiger charge is -2.17. The molecular weight excluding hydrogens is 353 g/mol. The first-order chi connectivity index (χ1) is 9.00. The van der Waals surface area contributed by atoms with Gasteiger partial charge in [0.2, 0.25) is 0 Å². The second-order valence-electron chi connectivity index (χ2n) is 3.98. The van der Waals surface area contributed by atoms with E-state index in [-0.39, 0.29) is 5.91 Å². The van der Waals surface area contributed by atoms with Crippen LogP contribution in [0.3, 0.4) is 0 Å². The largest absolute Gasteiger partial charge is 0.457 e. The van der Waals surface area contributed by atoms with E-state index >= 15 is 0 Å². The number of benzene rings is 1. The monoisotopic (exact) mass is 361 g/mol. The molecule has 1 heterocycles. The van der Waals surface area contributed by atoms with Gasteiger partial charge in [0.15, 0.2) is 4.67 Å². The average Bonchev–Trinajstić information content (AvgIpc) is 2.80. The van der Waals surface area contributed by atoms with Gasteiger partial charge >= 0.3 is 0 Å². The maximum atomic E-state index is 12.2. The molecule has 0 unspecified atom stereocenters. The molecule has 3 nitrogen and oxygen atoms in total. The number of hydrogen-bond acceptors (Lipinski definition) is 2. The SMILES string of the molecule is CN(Cc1cccc(Cl)c1Cl)C(=O)c1ccoc1Br. The van der Waals surface area contributed by atoms with Crippen molar-refractivity contribution >= 4 is 45.0 Å². The molecule has 0 atom stereocenters. The summed E-state index contributed by atoms with van der Waals surface area (Å²) in [5.41, 5.74) is 1.27. The normalized spacial score (nSPS) is 10.5. The molecule has 1 aromatic heterocycles. The predicted molar refractivity (Wildman–Crippen MR) is 78.7 cm³/mol. The van der Waals surface area contributed by atoms with Crippen LogP contribution in [-0.2, 0) is 6.54 Å². The third-order valence-electron chi connectivity index (χ3n) is 2.63. The molecule has 1 aromatic carbocycles. The lowest BCUT2D eigenvalue weighted by Crippen LogP contribution is -2.26. The second-order valence-corrected chi connectivity index (χ2v) is 5.49. The zero-order chi connectivity index (χ0) is 14.0. The van der Waals surface area contributed by atoms with E-state index < -0.39 is 0 Å². The first-order valence-electron chi connectivity index (χ1n) is 5.42. The van der Waals surface area contributed by atoms with Crippen molar-refractivity contribution in [3.63, 3.8) is 0 Å². The number of carbonyl (C=O) groups is 1. The van der Waals surface area contributed by atoms with Gasteiger partial charge in [-0.2, -0.15) is 0 Å². The highest BCUT2D eigenvalue weighted by Crippen LogP contribution is 2.27. The lowest BCUT2D eigenvalue weighted by atomic mass is 10.2. The highest BCUT2D eigenvalue weighted by atomic mass is 79.9. The molecule has 2 rings (SSSR count). The van der Waals surface area contributed by atoms with Crippen molar-refractivity contribution in [3.8, 4) is 0 Å². The molecule has 19 heavy (non-hydrogen) atoms. The third-order valence-corrected chi connectivity index (χ3v) is 4.11. The molecule has 0 bridgehead atoms. The molecule has 6 heteroatoms. The van der Waals surface area contributed by atoms with Gasteiger partial charge in [-0.25, -0.2) is 0 Å². The Labute approximate surface area is 129 Å². The Bertz CT molecular complexity index is 612. The molecule has 0 spiro atoms. The molecule has 0 aliphatic heterocycles. The van der Waals surface area contributed by atoms with Crippen LogP contribution < -0.4 is 0 Å². The summed E-state index contributed by atoms with van der Waals surface area (Å²) in [6.07, 6.45) is 1.46. The first-order valence-corrected chi connectivity index (χ1v) is 6.97. The predicted octanol–water partition coefficient (Wildman–Crippen LogP) is 4.62. The summed E-state index contributed by atoms with van der Waals surface area (Å²) in [5, 5.41) is 0.944. The Hall–Kier alpha value is -0.970. The number of furan rings is 1. The van der Waals surface area contributed by atoms with Gasteiger partial charge in [-0.15, -0.1) is 0 Å². The minimum atomic E-state index is -0.156. The highest BCUT2D eigenvalue weighted by molar-refractivity contribution is 9.10. The van der Waals surface area contributed by atoms with Crippen LogP contribution in [0.4, 0.5) is 0 Å². The van der Waals surface area contributed by atoms with Crippen molar-refractivity contribution in [2.45, 2.75) is 6.54 Å². The van der Waals surface area contributed by atoms with E-state index in [1.54, 1.807) is 30.1 Å². The number of halogens is 3. The van der Waals surface area contributed by atoms with E-state index in [1.807, 2.05) is 6.07 Å². The summed E-state index contributed by atoms with van der Waals surface area (Å²) in [6.45, 7) is 0.371. The molecule has 0 N–H and O–H groups in total. The number of amides is 1. The molecular formula is C13H10BrCl2NO2. The molecule has 0 saturated heterocycles. The smallest absolute Gasteiger partial charge is 0.258 e. The van der Waals surface area contributed by atoms with Crippen molar-refractivity contribution < 1.29 is 9.21 Å². The fourth-order valence-electron chi connectivity index (χ4n) is 1.65. The summed E-state index contributed by atoms with van der Waals surface area (Å²) in [6, 6.07) is 6.96. The van der Waals surface area contributed by atoms with E-state index in [4.69, 9.17) is 27.6 Å². The van der Waals surface area contributed by atoms with Gasteiger partial charge < -0.3 is 9.32 Å². The molecule has 0 saturated carbocycles. The quantitative estimate of drug-likeness (QED) is 0.798. The molecule has 0 aliphatic carbocycles. The summed E-state index contributed by atoms with van der Waals surface area (Å²) in [7, 11) is 1.69. The van der Waals surface area contributed by atoms with Crippen LogP contribution in [0.25, 0.3) is 0 Å². The Morgan fingerprint density at radius 1 is 1.37 bits per heavy atom. The van der Waals surface area contributed by atoms with Crippen LogP contribution in [-0.4, -0.2) is 17.9 Å². The van der Waals surface area contributed by atoms with Gasteiger partial charge in [-0.3, -0.25) is 4.79 Å². The van der Waals surface area contributed by atoms with E-state index in [0.29, 0.717) is 26.8 Å². The van der Waals surface area contributed by atoms with E-state index in [2.05, 4.69) is 15.9 Å². The zero-order valence-corrected chi connectivity index (χ0v) is 13.1. The maximum absolute atomic E-state index is 12.2. The van der Waals surface area contributed by atoms with Crippen LogP contribution in [0, 0.1) is 0 Å². The van der Waals surface area contributed by atoms with Crippen LogP contribution in [0.5, 0.6) is 0 Å². The summed E-state index contributed by atoms with van der Waals surface area (Å²) < 4.78 is 5.47. The standard InChI is InChI=1S/C13H10BrCl2NO2/c1-17(13(18)9-5-6-19-12(9)14)7-8-3-2-4-10(15)11(8)16/h2-6H,7H2,1H3. The molecule has 0 aliphatic rings. The number of hydrogen-bond donors (Lipinski definition) is 0. The Balaban J connectivity index is 2.18. The summed E-state index contributed by atoms with van der Waals surface area (Å²) in [4.78, 5) is 13.7. The first kappa shape index (κ1) is 14.4. The molecule has 0 radical (unpaired) electrons. The van der Waals surface area contributed by atoms with Crippen molar-refractivity contribution in [2.24, 2.45) is 0 Å². The van der Waals surface area contributed by atoms with Crippen molar-refractivity contribution in [1.82, 2.24) is 4.90 Å². The van der Waals surface area contributed by atoms with Crippen molar-refractivity contribution in [1.29, 1.82) is 0 Å². The Morgan fingerprint density at radius 2 is 2.11 bits per heavy atom. The van der Waals surface area contributed by atoms with Gasteiger partial charge in [0, 0.05) is 13.6 Å². The van der Waals surface area contributed by atoms with Gasteiger partial charge in [-0.1, -0.05) is 35.3 Å². The third kappa shape index (κ3) is 3.14. The summed E-state index contributed by atoms with van der Waals surface area (Å²) in [5.74, 6) is -0.156. The van der Waals surface area contributed by atoms with Crippen LogP contribution >= 0.6 is 39.1 Å². The minimum Gasteiger partial charge on any atom is -0.457 e. The summed E-state index contributed by atoms with van der Waals surface area (Å²) >= 11 is 15.2. The van der Waals surface area contributed by atoms with Gasteiger partial charge in [0.1, 0.15) is 0 Å². The number of nitrogens with zero attached hydrogens (tertiary/aromatic N) is 1. The second kappa shape index (κ2) is 5.99. The number of carbonyl (C=O) groups excluding carboxylic acids is 1. The molecule has 100 valence electrons. The van der Waals surface area contributed by atoms with Crippen LogP contribution in [0.15, 0.2) is 39.6 Å². The molecule has 2 aromatic rings. The van der Waals surface area contributed by atoms with Crippen LogP contribution in [0.1, 0.15) is 15.9 Å². The fourth-order valence-corrected chi connectivity index (χ4v) is 2.44. The lowest BCUT2D eigenvalue weighted by molar-refractivity contribution is 0.0783. The Morgan fingerprint density at radius 3 is 2.74 bits per heavy atom. The Kier molecular flexibility index (Phi) is 4.55. The van der Waals surface area contributed by atoms with E-state index in [0.717, 1.165) is 5.56 Å². The zero-order valence-electron chi connectivity index (χ0n) is 9.99. The molecule has 1 amide bonds. The van der Waals surface area contributed by atoms with Gasteiger partial charge in [0.25, 0.3) is 5.91 Å². The van der Waals surface area contributed by atoms with Crippen molar-refractivity contribution in [2.75, 3.05) is 7.05 Å². The topological polar surface area (TPSA) is 33.5 Å². The minimum absolute atomic E-state index is 0.156. The fraction of sp³-hybridized carbons (Fsp3) is 0.154. The van der Waals surface area contributed by atoms with Gasteiger partial charge in [-0.05, 0) is 33.6 Å². The van der Waals surface area contributed by atoms with Gasteiger partial charge in [0.05, 0.1) is 21.9 Å². The van der Waals surface area contributed by atoms with Crippen molar-refractivity contribution in [3.05, 3.63) is 56.4 Å². The van der Waals surface area contributed by atoms with Crippen LogP contribution in [0.2, 0.25) is 10.0 Å². The van der Waals surface area contributed by atoms with E-state index in [1.165, 1.54) is 6.26 Å². The molecule has 0 fully saturated rings. The maximum Gasteiger partial charge on any atom is 0.258 e. The average molecular weight is 363 g/mol. The highest BCUT2D eigenvalue weighted by Gasteiger charge is 2.18. The number of rotatable bonds is 3.